The summed E-state index contributed by atoms with van der Waals surface area (Å²) in [7, 11) is 0. The van der Waals surface area contributed by atoms with Crippen molar-refractivity contribution in [2.24, 2.45) is 5.92 Å². The van der Waals surface area contributed by atoms with Gasteiger partial charge >= 0.3 is 5.69 Å². The van der Waals surface area contributed by atoms with Gasteiger partial charge < -0.3 is 10.4 Å². The standard InChI is InChI=1S/C10H14N4O3/c15-9-3-1-2-7(9)4-11-10-12-5-8(6-13-10)14(16)17/h5-7,9,15H,1-4H2,(H,11,12,13). The minimum Gasteiger partial charge on any atom is -0.393 e. The minimum atomic E-state index is -0.537. The number of aliphatic hydroxyl groups excluding tert-OH is 1. The number of nitrogens with one attached hydrogen (secondary N) is 1. The molecule has 0 aliphatic heterocycles. The molecule has 0 spiro atoms. The van der Waals surface area contributed by atoms with Crippen molar-refractivity contribution in [2.75, 3.05) is 11.9 Å². The Kier molecular flexibility index (Phi) is 3.48. The first-order valence-electron chi connectivity index (χ1n) is 5.55. The Balaban J connectivity index is 1.88. The quantitative estimate of drug-likeness (QED) is 0.598. The van der Waals surface area contributed by atoms with E-state index in [-0.39, 0.29) is 17.7 Å². The van der Waals surface area contributed by atoms with Gasteiger partial charge in [-0.1, -0.05) is 6.42 Å². The SMILES string of the molecule is O=[N+]([O-])c1cnc(NCC2CCCC2O)nc1. The molecule has 1 saturated carbocycles. The molecule has 1 heterocycles. The summed E-state index contributed by atoms with van der Waals surface area (Å²) < 4.78 is 0. The van der Waals surface area contributed by atoms with Gasteiger partial charge in [0.15, 0.2) is 0 Å². The zero-order chi connectivity index (χ0) is 12.3. The van der Waals surface area contributed by atoms with Crippen LogP contribution >= 0.6 is 0 Å². The minimum absolute atomic E-state index is 0.128. The Labute approximate surface area is 98.1 Å². The van der Waals surface area contributed by atoms with Crippen molar-refractivity contribution in [3.8, 4) is 0 Å². The van der Waals surface area contributed by atoms with Crippen molar-refractivity contribution in [3.63, 3.8) is 0 Å². The summed E-state index contributed by atoms with van der Waals surface area (Å²) in [6.45, 7) is 0.596. The van der Waals surface area contributed by atoms with Gasteiger partial charge in [0, 0.05) is 12.5 Å². The summed E-state index contributed by atoms with van der Waals surface area (Å²) in [6, 6.07) is 0. The van der Waals surface area contributed by atoms with Gasteiger partial charge in [-0.3, -0.25) is 10.1 Å². The van der Waals surface area contributed by atoms with Crippen LogP contribution in [0.4, 0.5) is 11.6 Å². The van der Waals surface area contributed by atoms with Gasteiger partial charge in [-0.15, -0.1) is 0 Å². The predicted molar refractivity (Wildman–Crippen MR) is 60.5 cm³/mol. The highest BCUT2D eigenvalue weighted by Gasteiger charge is 2.24. The maximum absolute atomic E-state index is 10.4. The summed E-state index contributed by atoms with van der Waals surface area (Å²) in [5.74, 6) is 0.573. The van der Waals surface area contributed by atoms with Crippen molar-refractivity contribution in [2.45, 2.75) is 25.4 Å². The van der Waals surface area contributed by atoms with E-state index < -0.39 is 4.92 Å². The number of rotatable bonds is 4. The predicted octanol–water partition coefficient (Wildman–Crippen LogP) is 0.958. The van der Waals surface area contributed by atoms with E-state index in [2.05, 4.69) is 15.3 Å². The first-order chi connectivity index (χ1) is 8.16. The summed E-state index contributed by atoms with van der Waals surface area (Å²) in [6.07, 6.45) is 4.94. The molecule has 2 N–H and O–H groups in total. The topological polar surface area (TPSA) is 101 Å². The Hall–Kier alpha value is -1.76. The molecular weight excluding hydrogens is 224 g/mol. The van der Waals surface area contributed by atoms with Crippen molar-refractivity contribution in [1.29, 1.82) is 0 Å². The van der Waals surface area contributed by atoms with Crippen LogP contribution in [0.25, 0.3) is 0 Å². The maximum atomic E-state index is 10.4. The van der Waals surface area contributed by atoms with Crippen molar-refractivity contribution in [1.82, 2.24) is 9.97 Å². The van der Waals surface area contributed by atoms with E-state index in [4.69, 9.17) is 0 Å². The number of aliphatic hydroxyl groups is 1. The molecule has 2 atom stereocenters. The van der Waals surface area contributed by atoms with Gasteiger partial charge in [0.1, 0.15) is 12.4 Å². The first kappa shape index (κ1) is 11.7. The van der Waals surface area contributed by atoms with Gasteiger partial charge in [0.25, 0.3) is 0 Å². The molecular formula is C10H14N4O3. The average Bonchev–Trinajstić information content (AvgIpc) is 2.73. The van der Waals surface area contributed by atoms with E-state index in [1.165, 1.54) is 12.4 Å². The van der Waals surface area contributed by atoms with Crippen molar-refractivity contribution >= 4 is 11.6 Å². The molecule has 1 aromatic heterocycles. The highest BCUT2D eigenvalue weighted by Crippen LogP contribution is 2.25. The van der Waals surface area contributed by atoms with Crippen molar-refractivity contribution < 1.29 is 10.0 Å². The zero-order valence-electron chi connectivity index (χ0n) is 9.24. The van der Waals surface area contributed by atoms with Crippen LogP contribution in [0.2, 0.25) is 0 Å². The van der Waals surface area contributed by atoms with Crippen LogP contribution in [0.1, 0.15) is 19.3 Å². The molecule has 0 amide bonds. The van der Waals surface area contributed by atoms with E-state index in [0.717, 1.165) is 19.3 Å². The smallest absolute Gasteiger partial charge is 0.305 e. The fraction of sp³-hybridized carbons (Fsp3) is 0.600. The van der Waals surface area contributed by atoms with Gasteiger partial charge in [-0.25, -0.2) is 9.97 Å². The number of nitro groups is 1. The van der Waals surface area contributed by atoms with Crippen LogP contribution < -0.4 is 5.32 Å². The molecule has 0 radical (unpaired) electrons. The summed E-state index contributed by atoms with van der Waals surface area (Å²) >= 11 is 0. The summed E-state index contributed by atoms with van der Waals surface area (Å²) in [4.78, 5) is 17.5. The Morgan fingerprint density at radius 2 is 2.18 bits per heavy atom. The lowest BCUT2D eigenvalue weighted by Crippen LogP contribution is -2.22. The van der Waals surface area contributed by atoms with Crippen LogP contribution in [-0.4, -0.2) is 32.6 Å². The monoisotopic (exact) mass is 238 g/mol. The van der Waals surface area contributed by atoms with E-state index >= 15 is 0 Å². The summed E-state index contributed by atoms with van der Waals surface area (Å²) in [5.41, 5.74) is -0.128. The molecule has 92 valence electrons. The zero-order valence-corrected chi connectivity index (χ0v) is 9.24. The maximum Gasteiger partial charge on any atom is 0.305 e. The van der Waals surface area contributed by atoms with Gasteiger partial charge in [0.05, 0.1) is 11.0 Å². The number of nitrogens with zero attached hydrogens (tertiary/aromatic N) is 3. The largest absolute Gasteiger partial charge is 0.393 e. The highest BCUT2D eigenvalue weighted by molar-refractivity contribution is 5.30. The molecule has 0 bridgehead atoms. The van der Waals surface area contributed by atoms with Crippen molar-refractivity contribution in [3.05, 3.63) is 22.5 Å². The number of aromatic nitrogens is 2. The molecule has 7 heteroatoms. The molecule has 1 aromatic rings. The lowest BCUT2D eigenvalue weighted by molar-refractivity contribution is -0.385. The molecule has 7 nitrogen and oxygen atoms in total. The third-order valence-corrected chi connectivity index (χ3v) is 2.99. The molecule has 0 aromatic carbocycles. The molecule has 0 saturated heterocycles. The van der Waals surface area contributed by atoms with E-state index in [9.17, 15) is 15.2 Å². The van der Waals surface area contributed by atoms with Gasteiger partial charge in [0.2, 0.25) is 5.95 Å². The van der Waals surface area contributed by atoms with Crippen LogP contribution in [0, 0.1) is 16.0 Å². The number of hydrogen-bond acceptors (Lipinski definition) is 6. The molecule has 17 heavy (non-hydrogen) atoms. The third-order valence-electron chi connectivity index (χ3n) is 2.99. The molecule has 2 unspecified atom stereocenters. The second-order valence-corrected chi connectivity index (χ2v) is 4.16. The fourth-order valence-corrected chi connectivity index (χ4v) is 1.98. The Morgan fingerprint density at radius 1 is 1.47 bits per heavy atom. The molecule has 1 aliphatic rings. The van der Waals surface area contributed by atoms with Crippen LogP contribution in [0.15, 0.2) is 12.4 Å². The lowest BCUT2D eigenvalue weighted by atomic mass is 10.1. The first-order valence-corrected chi connectivity index (χ1v) is 5.55. The van der Waals surface area contributed by atoms with Crippen LogP contribution in [-0.2, 0) is 0 Å². The lowest BCUT2D eigenvalue weighted by Gasteiger charge is -2.14. The summed E-state index contributed by atoms with van der Waals surface area (Å²) in [5, 5.41) is 23.0. The Morgan fingerprint density at radius 3 is 2.71 bits per heavy atom. The second kappa shape index (κ2) is 5.05. The van der Waals surface area contributed by atoms with Gasteiger partial charge in [-0.05, 0) is 12.8 Å². The number of anilines is 1. The van der Waals surface area contributed by atoms with E-state index in [0.29, 0.717) is 12.5 Å². The normalized spacial score (nSPS) is 23.6. The number of hydrogen-bond donors (Lipinski definition) is 2. The molecule has 2 rings (SSSR count). The Bertz CT molecular complexity index is 395. The molecule has 1 fully saturated rings. The van der Waals surface area contributed by atoms with Crippen LogP contribution in [0.5, 0.6) is 0 Å². The third kappa shape index (κ3) is 2.88. The fourth-order valence-electron chi connectivity index (χ4n) is 1.98. The average molecular weight is 238 g/mol. The highest BCUT2D eigenvalue weighted by atomic mass is 16.6. The van der Waals surface area contributed by atoms with E-state index in [1.807, 2.05) is 0 Å². The van der Waals surface area contributed by atoms with Gasteiger partial charge in [-0.2, -0.15) is 0 Å². The molecule has 1 aliphatic carbocycles. The van der Waals surface area contributed by atoms with E-state index in [1.54, 1.807) is 0 Å². The van der Waals surface area contributed by atoms with Crippen LogP contribution in [0.3, 0.4) is 0 Å². The second-order valence-electron chi connectivity index (χ2n) is 4.16.